The number of phenolic OH excluding ortho intramolecular Hbond substituents is 1. The van der Waals surface area contributed by atoms with Crippen molar-refractivity contribution < 1.29 is 33.7 Å². The minimum Gasteiger partial charge on any atom is -0.508 e. The summed E-state index contributed by atoms with van der Waals surface area (Å²) in [5, 5.41) is 26.9. The number of hydrogen-bond donors (Lipinski definition) is 3. The number of urea groups is 1. The monoisotopic (exact) mass is 1010 g/mol. The Balaban J connectivity index is 0.690. The van der Waals surface area contributed by atoms with Gasteiger partial charge in [0.15, 0.2) is 5.82 Å². The van der Waals surface area contributed by atoms with Gasteiger partial charge in [0.2, 0.25) is 5.91 Å². The number of β-amino-alcohol motifs (C(OH)–C–C–N with tert-alkyl or cyclic N) is 1. The van der Waals surface area contributed by atoms with Gasteiger partial charge in [-0.05, 0) is 147 Å². The number of aromatic nitrogens is 2. The van der Waals surface area contributed by atoms with Crippen LogP contribution in [0.2, 0.25) is 5.02 Å². The number of anilines is 2. The Morgan fingerprint density at radius 1 is 0.877 bits per heavy atom. The number of benzene rings is 4. The lowest BCUT2D eigenvalue weighted by molar-refractivity contribution is -0.120. The van der Waals surface area contributed by atoms with Crippen LogP contribution in [-0.4, -0.2) is 137 Å². The van der Waals surface area contributed by atoms with Gasteiger partial charge < -0.3 is 34.5 Å². The third-order valence-electron chi connectivity index (χ3n) is 17.3. The number of halogens is 2. The molecule has 1 atom stereocenters. The summed E-state index contributed by atoms with van der Waals surface area (Å²) in [6.07, 6.45) is 11.3. The van der Waals surface area contributed by atoms with Crippen molar-refractivity contribution in [2.45, 2.75) is 96.5 Å². The molecule has 4 aliphatic heterocycles. The van der Waals surface area contributed by atoms with E-state index in [9.17, 15) is 24.6 Å². The molecule has 73 heavy (non-hydrogen) atoms. The normalized spacial score (nSPS) is 22.8. The zero-order valence-electron chi connectivity index (χ0n) is 42.2. The molecule has 14 nitrogen and oxygen atoms in total. The lowest BCUT2D eigenvalue weighted by Crippen LogP contribution is -2.50. The molecule has 1 aromatic heterocycles. The molecular formula is C57H68ClFN8O6. The molecule has 4 amide bonds. The molecule has 4 saturated heterocycles. The fraction of sp³-hybridized carbons (Fsp3) is 0.526. The fourth-order valence-corrected chi connectivity index (χ4v) is 13.0. The summed E-state index contributed by atoms with van der Waals surface area (Å²) in [5.74, 6) is 0.440. The van der Waals surface area contributed by atoms with E-state index in [2.05, 4.69) is 22.0 Å². The summed E-state index contributed by atoms with van der Waals surface area (Å²) in [5.41, 5.74) is 2.49. The molecule has 6 fully saturated rings. The molecule has 11 rings (SSSR count). The minimum atomic E-state index is -0.911. The summed E-state index contributed by atoms with van der Waals surface area (Å²) in [6, 6.07) is 17.6. The molecule has 3 N–H and O–H groups in total. The summed E-state index contributed by atoms with van der Waals surface area (Å²) in [7, 11) is 0. The van der Waals surface area contributed by atoms with Crippen LogP contribution in [-0.2, 0) is 11.2 Å². The van der Waals surface area contributed by atoms with E-state index in [0.29, 0.717) is 83.7 Å². The maximum Gasteiger partial charge on any atom is 0.328 e. The average molecular weight is 1020 g/mol. The third kappa shape index (κ3) is 10.3. The number of fused-ring (bicyclic) bond motifs is 2. The van der Waals surface area contributed by atoms with E-state index in [-0.39, 0.29) is 52.9 Å². The van der Waals surface area contributed by atoms with E-state index in [0.717, 1.165) is 94.1 Å². The number of piperazine rings is 1. The van der Waals surface area contributed by atoms with Crippen LogP contribution in [0.1, 0.15) is 100 Å². The summed E-state index contributed by atoms with van der Waals surface area (Å²) >= 11 is 6.47. The van der Waals surface area contributed by atoms with E-state index >= 15 is 4.39 Å². The van der Waals surface area contributed by atoms with Crippen LogP contribution in [0.15, 0.2) is 60.7 Å². The first kappa shape index (κ1) is 49.6. The molecule has 0 bridgehead atoms. The van der Waals surface area contributed by atoms with Gasteiger partial charge in [-0.3, -0.25) is 19.8 Å². The van der Waals surface area contributed by atoms with Crippen molar-refractivity contribution in [3.63, 3.8) is 0 Å². The van der Waals surface area contributed by atoms with Gasteiger partial charge in [-0.15, -0.1) is 0 Å². The predicted molar refractivity (Wildman–Crippen MR) is 282 cm³/mol. The van der Waals surface area contributed by atoms with Crippen LogP contribution < -0.4 is 19.9 Å². The van der Waals surface area contributed by atoms with Crippen LogP contribution >= 0.6 is 11.6 Å². The zero-order valence-corrected chi connectivity index (χ0v) is 43.0. The number of nitrogens with zero attached hydrogens (tertiary/aromatic N) is 7. The van der Waals surface area contributed by atoms with E-state index < -0.39 is 17.4 Å². The molecule has 0 unspecified atom stereocenters. The highest BCUT2D eigenvalue weighted by molar-refractivity contribution is 6.34. The van der Waals surface area contributed by atoms with E-state index in [1.165, 1.54) is 30.6 Å². The number of nitrogens with one attached hydrogen (secondary N) is 1. The molecule has 386 valence electrons. The first-order chi connectivity index (χ1) is 35.2. The van der Waals surface area contributed by atoms with E-state index in [1.807, 2.05) is 41.0 Å². The van der Waals surface area contributed by atoms with Crippen molar-refractivity contribution in [3.05, 3.63) is 82.6 Å². The fourth-order valence-electron chi connectivity index (χ4n) is 12.7. The number of amides is 4. The molecule has 16 heteroatoms. The number of hydrogen-bond acceptors (Lipinski definition) is 11. The van der Waals surface area contributed by atoms with Gasteiger partial charge >= 0.3 is 12.0 Å². The largest absolute Gasteiger partial charge is 0.508 e. The standard InChI is InChI=1S/C57H68ClFN8O6/c1-3-38-6-4-7-39-30-41(68)32-44(48(38)39)42-9-10-43-50(49(42)59)61-53(62-51(43)66-22-5-15-55(2,72)34-66)73-36-57(18-19-57)35-64-28-26-63(27-29-64)33-37-12-16-56(17-13-37)20-24-65(25-21-56)52(70)40-8-11-45(58)46(31-40)67-23-14-47(69)60-54(67)71/h4,6-11,30-32,37,68,72H,3,5,12-29,33-36H2,1-2H3,(H,60,69,71)/t55-/m1/s1. The van der Waals surface area contributed by atoms with Crippen molar-refractivity contribution in [3.8, 4) is 22.9 Å². The van der Waals surface area contributed by atoms with E-state index in [4.69, 9.17) is 26.3 Å². The summed E-state index contributed by atoms with van der Waals surface area (Å²) in [4.78, 5) is 58.3. The lowest BCUT2D eigenvalue weighted by Gasteiger charge is -2.47. The molecule has 2 aliphatic carbocycles. The van der Waals surface area contributed by atoms with Crippen LogP contribution in [0, 0.1) is 22.6 Å². The van der Waals surface area contributed by atoms with Gasteiger partial charge in [-0.2, -0.15) is 9.97 Å². The van der Waals surface area contributed by atoms with Gasteiger partial charge in [-0.25, -0.2) is 9.18 Å². The molecule has 0 radical (unpaired) electrons. The Kier molecular flexibility index (Phi) is 13.5. The number of carbonyl (C=O) groups is 3. The smallest absolute Gasteiger partial charge is 0.328 e. The molecule has 2 saturated carbocycles. The number of aliphatic hydroxyl groups is 1. The van der Waals surface area contributed by atoms with Crippen LogP contribution in [0.3, 0.4) is 0 Å². The van der Waals surface area contributed by atoms with Crippen molar-refractivity contribution >= 4 is 62.6 Å². The van der Waals surface area contributed by atoms with Crippen molar-refractivity contribution in [1.29, 1.82) is 0 Å². The maximum atomic E-state index is 17.2. The first-order valence-corrected chi connectivity index (χ1v) is 27.0. The van der Waals surface area contributed by atoms with Gasteiger partial charge in [0.1, 0.15) is 17.1 Å². The van der Waals surface area contributed by atoms with Crippen LogP contribution in [0.25, 0.3) is 32.8 Å². The molecule has 1 spiro atoms. The number of rotatable bonds is 12. The quantitative estimate of drug-likeness (QED) is 0.110. The number of carbonyl (C=O) groups excluding carboxylic acids is 3. The Morgan fingerprint density at radius 3 is 2.37 bits per heavy atom. The minimum absolute atomic E-state index is 0.0174. The third-order valence-corrected chi connectivity index (χ3v) is 17.6. The topological polar surface area (TPSA) is 155 Å². The summed E-state index contributed by atoms with van der Waals surface area (Å²) < 4.78 is 23.7. The van der Waals surface area contributed by atoms with Gasteiger partial charge in [0.25, 0.3) is 5.91 Å². The molecule has 4 aromatic carbocycles. The second-order valence-corrected chi connectivity index (χ2v) is 23.0. The molecule has 6 aliphatic rings. The van der Waals surface area contributed by atoms with Gasteiger partial charge in [-0.1, -0.05) is 42.8 Å². The van der Waals surface area contributed by atoms with E-state index in [1.54, 1.807) is 36.4 Å². The Morgan fingerprint density at radius 2 is 1.64 bits per heavy atom. The SMILES string of the molecule is CCc1cccc2cc(O)cc(-c3ccc4c(N5CCC[C@@](C)(O)C5)nc(OCC5(CN6CCN(CC7CCC8(CC7)CCN(C(=O)c7ccc(Cl)c(N9CCC(=O)NC9=O)c7)CC8)CC6)CC5)nc4c3F)c12. The lowest BCUT2D eigenvalue weighted by atomic mass is 9.65. The number of piperidine rings is 2. The van der Waals surface area contributed by atoms with Crippen molar-refractivity contribution in [2.75, 3.05) is 88.4 Å². The van der Waals surface area contributed by atoms with Gasteiger partial charge in [0.05, 0.1) is 22.9 Å². The van der Waals surface area contributed by atoms with Gasteiger partial charge in [0, 0.05) is 100 Å². The highest BCUT2D eigenvalue weighted by atomic mass is 35.5. The maximum absolute atomic E-state index is 17.2. The predicted octanol–water partition coefficient (Wildman–Crippen LogP) is 9.20. The number of ether oxygens (including phenoxy) is 1. The average Bonchev–Trinajstić information content (AvgIpc) is 4.15. The Bertz CT molecular complexity index is 2940. The number of phenols is 1. The second kappa shape index (κ2) is 19.9. The highest BCUT2D eigenvalue weighted by Gasteiger charge is 2.46. The van der Waals surface area contributed by atoms with Crippen LogP contribution in [0.4, 0.5) is 20.7 Å². The number of imide groups is 1. The molecule has 5 aromatic rings. The van der Waals surface area contributed by atoms with Crippen molar-refractivity contribution in [2.24, 2.45) is 16.7 Å². The molecule has 5 heterocycles. The first-order valence-electron chi connectivity index (χ1n) is 26.7. The van der Waals surface area contributed by atoms with Crippen LogP contribution in [0.5, 0.6) is 11.8 Å². The second-order valence-electron chi connectivity index (χ2n) is 22.6. The summed E-state index contributed by atoms with van der Waals surface area (Å²) in [6.45, 7) is 13.2. The van der Waals surface area contributed by atoms with Crippen molar-refractivity contribution in [1.82, 2.24) is 30.0 Å². The number of aromatic hydroxyl groups is 1. The Labute approximate surface area is 431 Å². The number of aryl methyl sites for hydroxylation is 1. The molecular weight excluding hydrogens is 947 g/mol. The highest BCUT2D eigenvalue weighted by Crippen LogP contribution is 2.49. The zero-order chi connectivity index (χ0) is 50.6. The number of likely N-dealkylation sites (tertiary alicyclic amines) is 1. The Hall–Kier alpha value is -5.61.